The molecule has 0 aliphatic carbocycles. The van der Waals surface area contributed by atoms with Crippen molar-refractivity contribution in [3.05, 3.63) is 97.2 Å². The Morgan fingerprint density at radius 1 is 0.457 bits per heavy atom. The molecule has 0 aromatic heterocycles. The van der Waals surface area contributed by atoms with Crippen LogP contribution in [0.4, 0.5) is 0 Å². The van der Waals surface area contributed by atoms with Crippen molar-refractivity contribution in [2.24, 2.45) is 0 Å². The van der Waals surface area contributed by atoms with Crippen LogP contribution in [0.5, 0.6) is 0 Å². The fourth-order valence-electron chi connectivity index (χ4n) is 7.26. The van der Waals surface area contributed by atoms with Crippen LogP contribution >= 0.6 is 0 Å². The number of allylic oxidation sites excluding steroid dienone is 16. The topological polar surface area (TPSA) is 231 Å². The van der Waals surface area contributed by atoms with Crippen LogP contribution < -0.4 is 0 Å². The molecule has 0 spiro atoms. The lowest BCUT2D eigenvalue weighted by atomic mass is 9.98. The monoisotopic (exact) mass is 989 g/mol. The Balaban J connectivity index is 1.87. The molecule has 0 bridgehead atoms. The second-order valence-electron chi connectivity index (χ2n) is 17.6. The van der Waals surface area contributed by atoms with E-state index in [0.717, 1.165) is 51.4 Å². The third-order valence-corrected chi connectivity index (χ3v) is 11.5. The summed E-state index contributed by atoms with van der Waals surface area (Å²) in [4.78, 5) is 25.7. The Kier molecular flexibility index (Phi) is 36.6. The van der Waals surface area contributed by atoms with Crippen molar-refractivity contribution in [1.82, 2.24) is 0 Å². The van der Waals surface area contributed by atoms with Gasteiger partial charge in [-0.15, -0.1) is 0 Å². The van der Waals surface area contributed by atoms with Gasteiger partial charge >= 0.3 is 11.9 Å². The van der Waals surface area contributed by atoms with Crippen molar-refractivity contribution in [3.63, 3.8) is 0 Å². The molecule has 7 N–H and O–H groups in total. The Labute approximate surface area is 417 Å². The normalized spacial score (nSPS) is 26.2. The molecule has 0 saturated carbocycles. The van der Waals surface area contributed by atoms with E-state index in [-0.39, 0.29) is 19.4 Å². The number of ether oxygens (including phenoxy) is 6. The molecule has 0 radical (unpaired) electrons. The number of carbonyl (C=O) groups excluding carboxylic acids is 2. The maximum absolute atomic E-state index is 13.0. The molecular weight excluding hydrogens is 901 g/mol. The van der Waals surface area contributed by atoms with Gasteiger partial charge < -0.3 is 64.2 Å². The molecule has 2 heterocycles. The van der Waals surface area contributed by atoms with Gasteiger partial charge in [0.25, 0.3) is 0 Å². The van der Waals surface area contributed by atoms with E-state index in [0.29, 0.717) is 25.7 Å². The first-order chi connectivity index (χ1) is 34.0. The Morgan fingerprint density at radius 3 is 1.29 bits per heavy atom. The first kappa shape index (κ1) is 62.5. The fourth-order valence-corrected chi connectivity index (χ4v) is 7.26. The zero-order valence-corrected chi connectivity index (χ0v) is 42.0. The molecule has 70 heavy (non-hydrogen) atoms. The molecule has 0 amide bonds. The van der Waals surface area contributed by atoms with Gasteiger partial charge in [-0.3, -0.25) is 9.59 Å². The lowest BCUT2D eigenvalue weighted by Crippen LogP contribution is -2.61. The van der Waals surface area contributed by atoms with Crippen LogP contribution in [0.3, 0.4) is 0 Å². The lowest BCUT2D eigenvalue weighted by molar-refractivity contribution is -0.332. The summed E-state index contributed by atoms with van der Waals surface area (Å²) >= 11 is 0. The van der Waals surface area contributed by atoms with Gasteiger partial charge in [0.1, 0.15) is 55.4 Å². The first-order valence-electron chi connectivity index (χ1n) is 25.8. The fraction of sp³-hybridized carbons (Fsp3) is 0.673. The zero-order chi connectivity index (χ0) is 51.0. The van der Waals surface area contributed by atoms with Gasteiger partial charge in [0.15, 0.2) is 18.7 Å². The van der Waals surface area contributed by atoms with Crippen molar-refractivity contribution in [3.8, 4) is 0 Å². The number of carbonyl (C=O) groups is 2. The van der Waals surface area contributed by atoms with Crippen molar-refractivity contribution in [1.29, 1.82) is 0 Å². The predicted molar refractivity (Wildman–Crippen MR) is 270 cm³/mol. The van der Waals surface area contributed by atoms with Gasteiger partial charge in [-0.2, -0.15) is 0 Å². The van der Waals surface area contributed by atoms with E-state index in [2.05, 4.69) is 86.8 Å². The smallest absolute Gasteiger partial charge is 0.306 e. The second-order valence-corrected chi connectivity index (χ2v) is 17.6. The molecule has 0 aromatic rings. The largest absolute Gasteiger partial charge is 0.462 e. The highest BCUT2D eigenvalue weighted by Gasteiger charge is 2.47. The van der Waals surface area contributed by atoms with E-state index in [1.807, 2.05) is 24.3 Å². The minimum absolute atomic E-state index is 0.0718. The Morgan fingerprint density at radius 2 is 0.843 bits per heavy atom. The molecule has 0 aromatic carbocycles. The Bertz CT molecular complexity index is 1580. The van der Waals surface area contributed by atoms with Crippen molar-refractivity contribution in [2.75, 3.05) is 26.4 Å². The van der Waals surface area contributed by atoms with Crippen LogP contribution in [0.25, 0.3) is 0 Å². The molecule has 11 atom stereocenters. The van der Waals surface area contributed by atoms with E-state index < -0.39 is 99.3 Å². The van der Waals surface area contributed by atoms with Crippen LogP contribution in [0.2, 0.25) is 0 Å². The van der Waals surface area contributed by atoms with Crippen molar-refractivity contribution in [2.45, 2.75) is 210 Å². The predicted octanol–water partition coefficient (Wildman–Crippen LogP) is 7.37. The van der Waals surface area contributed by atoms with Gasteiger partial charge in [0, 0.05) is 12.8 Å². The van der Waals surface area contributed by atoms with Crippen LogP contribution in [0.15, 0.2) is 97.2 Å². The summed E-state index contributed by atoms with van der Waals surface area (Å²) in [5.74, 6) is -1.07. The number of rotatable bonds is 38. The van der Waals surface area contributed by atoms with Gasteiger partial charge in [0.2, 0.25) is 0 Å². The van der Waals surface area contributed by atoms with Crippen LogP contribution in [-0.2, 0) is 38.0 Å². The van der Waals surface area contributed by atoms with Gasteiger partial charge in [-0.25, -0.2) is 0 Å². The molecule has 15 heteroatoms. The summed E-state index contributed by atoms with van der Waals surface area (Å²) in [6.07, 6.45) is 34.4. The van der Waals surface area contributed by atoms with Gasteiger partial charge in [-0.05, 0) is 89.9 Å². The zero-order valence-electron chi connectivity index (χ0n) is 42.0. The first-order valence-corrected chi connectivity index (χ1v) is 25.8. The summed E-state index contributed by atoms with van der Waals surface area (Å²) in [6, 6.07) is 0. The summed E-state index contributed by atoms with van der Waals surface area (Å²) in [5.41, 5.74) is 0. The third kappa shape index (κ3) is 28.5. The summed E-state index contributed by atoms with van der Waals surface area (Å²) in [7, 11) is 0. The van der Waals surface area contributed by atoms with E-state index in [4.69, 9.17) is 28.4 Å². The number of hydrogen-bond donors (Lipinski definition) is 7. The highest BCUT2D eigenvalue weighted by Crippen LogP contribution is 2.26. The minimum Gasteiger partial charge on any atom is -0.462 e. The average molecular weight is 989 g/mol. The molecule has 4 unspecified atom stereocenters. The number of esters is 2. The average Bonchev–Trinajstić information content (AvgIpc) is 3.35. The number of unbranched alkanes of at least 4 members (excludes halogenated alkanes) is 8. The van der Waals surface area contributed by atoms with Gasteiger partial charge in [-0.1, -0.05) is 137 Å². The lowest BCUT2D eigenvalue weighted by Gasteiger charge is -2.42. The highest BCUT2D eigenvalue weighted by molar-refractivity contribution is 5.70. The molecule has 2 rings (SSSR count). The van der Waals surface area contributed by atoms with Crippen LogP contribution in [-0.4, -0.2) is 142 Å². The van der Waals surface area contributed by atoms with Crippen LogP contribution in [0, 0.1) is 0 Å². The molecule has 398 valence electrons. The maximum atomic E-state index is 13.0. The quantitative estimate of drug-likeness (QED) is 0.0182. The number of aliphatic hydroxyl groups is 7. The van der Waals surface area contributed by atoms with E-state index in [1.54, 1.807) is 0 Å². The van der Waals surface area contributed by atoms with E-state index in [1.165, 1.54) is 38.5 Å². The minimum atomic E-state index is -1.79. The van der Waals surface area contributed by atoms with Gasteiger partial charge in [0.05, 0.1) is 19.8 Å². The Hall–Kier alpha value is -3.58. The third-order valence-electron chi connectivity index (χ3n) is 11.5. The molecule has 15 nitrogen and oxygen atoms in total. The molecule has 2 aliphatic heterocycles. The number of hydrogen-bond acceptors (Lipinski definition) is 15. The van der Waals surface area contributed by atoms with Crippen molar-refractivity contribution >= 4 is 11.9 Å². The van der Waals surface area contributed by atoms with Crippen LogP contribution in [0.1, 0.15) is 142 Å². The number of aliphatic hydroxyl groups excluding tert-OH is 7. The second kappa shape index (κ2) is 41.0. The van der Waals surface area contributed by atoms with E-state index >= 15 is 0 Å². The molecular formula is C55H88O15. The summed E-state index contributed by atoms with van der Waals surface area (Å²) < 4.78 is 33.4. The molecule has 2 fully saturated rings. The maximum Gasteiger partial charge on any atom is 0.306 e. The summed E-state index contributed by atoms with van der Waals surface area (Å²) in [5, 5.41) is 72.1. The molecule has 2 saturated heterocycles. The van der Waals surface area contributed by atoms with E-state index in [9.17, 15) is 45.3 Å². The summed E-state index contributed by atoms with van der Waals surface area (Å²) in [6.45, 7) is 2.39. The van der Waals surface area contributed by atoms with Crippen molar-refractivity contribution < 1.29 is 73.8 Å². The highest BCUT2D eigenvalue weighted by atomic mass is 16.7. The standard InChI is InChI=1S/C55H88O15/c1-3-5-7-9-11-13-15-17-19-21-23-25-27-29-31-33-35-37-46(57)65-40-43(68-47(58)38-36-34-32-30-28-26-24-22-20-18-16-14-12-10-8-6-4-2)41-66-54-53(64)51(62)49(60)45(70-54)42-67-55-52(63)50(61)48(59)44(39-56)69-55/h11-14,17-20,23-26,29-32,43-45,48-56,59-64H,3-10,15-16,21-22,27-28,33-42H2,1-2H3/b13-11+,14-12+,19-17+,20-18+,25-23+,26-24+,31-29+,32-30+/t43-,44+,45+,48-,49-,50?,51?,52?,53?,54+,55+/m0/s1. The SMILES string of the molecule is CCCCC/C=C/C/C=C/C/C=C/C/C=C/CCCC(=O)OC[C@@H](CO[C@@H]1O[C@H](CO[C@@H]2O[C@H](CO)[C@H](O)C(O)C2O)[C@H](O)C(O)C1O)OC(=O)CCC/C=C/C/C=C/C/C=C/C/C=C/CCCCC. The molecule has 2 aliphatic rings.